The lowest BCUT2D eigenvalue weighted by molar-refractivity contribution is -0.123. The SMILES string of the molecule is COc1ccc(CNC(=O)[C@H](C)N[C@@H](C)c2ccccc2C)cc1. The van der Waals surface area contributed by atoms with E-state index < -0.39 is 0 Å². The maximum Gasteiger partial charge on any atom is 0.237 e. The molecule has 128 valence electrons. The monoisotopic (exact) mass is 326 g/mol. The van der Waals surface area contributed by atoms with E-state index in [1.165, 1.54) is 11.1 Å². The molecule has 0 radical (unpaired) electrons. The fourth-order valence-corrected chi connectivity index (χ4v) is 2.70. The summed E-state index contributed by atoms with van der Waals surface area (Å²) in [5, 5.41) is 6.32. The van der Waals surface area contributed by atoms with Crippen LogP contribution in [0.25, 0.3) is 0 Å². The summed E-state index contributed by atoms with van der Waals surface area (Å²) in [4.78, 5) is 12.3. The number of rotatable bonds is 7. The molecule has 0 heterocycles. The van der Waals surface area contributed by atoms with Gasteiger partial charge in [-0.15, -0.1) is 0 Å². The molecular weight excluding hydrogens is 300 g/mol. The number of nitrogens with one attached hydrogen (secondary N) is 2. The Balaban J connectivity index is 1.86. The van der Waals surface area contributed by atoms with E-state index in [0.29, 0.717) is 6.54 Å². The first-order chi connectivity index (χ1) is 11.5. The molecule has 0 unspecified atom stereocenters. The van der Waals surface area contributed by atoms with Gasteiger partial charge in [0.1, 0.15) is 5.75 Å². The van der Waals surface area contributed by atoms with Gasteiger partial charge in [-0.1, -0.05) is 36.4 Å². The number of ether oxygens (including phenoxy) is 1. The van der Waals surface area contributed by atoms with Crippen molar-refractivity contribution < 1.29 is 9.53 Å². The Morgan fingerprint density at radius 2 is 1.75 bits per heavy atom. The van der Waals surface area contributed by atoms with Crippen molar-refractivity contribution in [2.24, 2.45) is 0 Å². The summed E-state index contributed by atoms with van der Waals surface area (Å²) in [5.74, 6) is 0.804. The molecule has 2 aromatic rings. The summed E-state index contributed by atoms with van der Waals surface area (Å²) in [6, 6.07) is 15.8. The predicted octanol–water partition coefficient (Wildman–Crippen LogP) is 3.36. The van der Waals surface area contributed by atoms with Gasteiger partial charge in [0.25, 0.3) is 0 Å². The fourth-order valence-electron chi connectivity index (χ4n) is 2.70. The molecule has 24 heavy (non-hydrogen) atoms. The van der Waals surface area contributed by atoms with Crippen LogP contribution < -0.4 is 15.4 Å². The molecule has 2 atom stereocenters. The van der Waals surface area contributed by atoms with Crippen LogP contribution in [0.1, 0.15) is 36.6 Å². The van der Waals surface area contributed by atoms with Gasteiger partial charge < -0.3 is 10.1 Å². The van der Waals surface area contributed by atoms with Crippen LogP contribution in [0.15, 0.2) is 48.5 Å². The van der Waals surface area contributed by atoms with Crippen molar-refractivity contribution in [2.45, 2.75) is 39.4 Å². The van der Waals surface area contributed by atoms with Crippen molar-refractivity contribution in [3.63, 3.8) is 0 Å². The molecule has 0 aromatic heterocycles. The number of hydrogen-bond donors (Lipinski definition) is 2. The van der Waals surface area contributed by atoms with Gasteiger partial charge in [-0.3, -0.25) is 10.1 Å². The molecule has 0 spiro atoms. The molecule has 2 N–H and O–H groups in total. The van der Waals surface area contributed by atoms with Crippen LogP contribution in [0.5, 0.6) is 5.75 Å². The molecule has 4 nitrogen and oxygen atoms in total. The van der Waals surface area contributed by atoms with Crippen LogP contribution in [0.3, 0.4) is 0 Å². The highest BCUT2D eigenvalue weighted by molar-refractivity contribution is 5.81. The van der Waals surface area contributed by atoms with Gasteiger partial charge in [0.05, 0.1) is 13.2 Å². The smallest absolute Gasteiger partial charge is 0.237 e. The van der Waals surface area contributed by atoms with E-state index in [-0.39, 0.29) is 18.0 Å². The minimum Gasteiger partial charge on any atom is -0.497 e. The Kier molecular flexibility index (Phi) is 6.38. The average Bonchev–Trinajstić information content (AvgIpc) is 2.60. The summed E-state index contributed by atoms with van der Waals surface area (Å²) in [7, 11) is 1.64. The molecule has 0 saturated carbocycles. The molecular formula is C20H26N2O2. The summed E-state index contributed by atoms with van der Waals surface area (Å²) in [5.41, 5.74) is 3.49. The largest absolute Gasteiger partial charge is 0.497 e. The highest BCUT2D eigenvalue weighted by atomic mass is 16.5. The third-order valence-corrected chi connectivity index (χ3v) is 4.17. The zero-order valence-electron chi connectivity index (χ0n) is 14.8. The number of aryl methyl sites for hydroxylation is 1. The van der Waals surface area contributed by atoms with Gasteiger partial charge in [-0.05, 0) is 49.6 Å². The maximum absolute atomic E-state index is 12.3. The average molecular weight is 326 g/mol. The first-order valence-electron chi connectivity index (χ1n) is 8.23. The Morgan fingerprint density at radius 3 is 2.38 bits per heavy atom. The number of amides is 1. The van der Waals surface area contributed by atoms with Gasteiger partial charge in [-0.2, -0.15) is 0 Å². The van der Waals surface area contributed by atoms with Crippen LogP contribution in [0.2, 0.25) is 0 Å². The van der Waals surface area contributed by atoms with Crippen molar-refractivity contribution in [3.8, 4) is 5.75 Å². The van der Waals surface area contributed by atoms with Crippen molar-refractivity contribution in [1.82, 2.24) is 10.6 Å². The van der Waals surface area contributed by atoms with E-state index in [1.54, 1.807) is 7.11 Å². The van der Waals surface area contributed by atoms with Crippen LogP contribution in [0.4, 0.5) is 0 Å². The summed E-state index contributed by atoms with van der Waals surface area (Å²) < 4.78 is 5.13. The molecule has 0 aliphatic carbocycles. The standard InChI is InChI=1S/C20H26N2O2/c1-14-7-5-6-8-19(14)15(2)22-16(3)20(23)21-13-17-9-11-18(24-4)12-10-17/h5-12,15-16,22H,13H2,1-4H3,(H,21,23)/t15-,16-/m0/s1. The lowest BCUT2D eigenvalue weighted by atomic mass is 10.0. The van der Waals surface area contributed by atoms with Crippen molar-refractivity contribution in [1.29, 1.82) is 0 Å². The van der Waals surface area contributed by atoms with Crippen LogP contribution >= 0.6 is 0 Å². The molecule has 2 rings (SSSR count). The molecule has 0 aliphatic rings. The van der Waals surface area contributed by atoms with E-state index >= 15 is 0 Å². The maximum atomic E-state index is 12.3. The Hall–Kier alpha value is -2.33. The van der Waals surface area contributed by atoms with Crippen LogP contribution in [-0.2, 0) is 11.3 Å². The van der Waals surface area contributed by atoms with Gasteiger partial charge in [0.15, 0.2) is 0 Å². The zero-order chi connectivity index (χ0) is 17.5. The minimum absolute atomic E-state index is 0.00810. The Bertz CT molecular complexity index is 668. The molecule has 0 saturated heterocycles. The second kappa shape index (κ2) is 8.50. The van der Waals surface area contributed by atoms with Crippen LogP contribution in [0, 0.1) is 6.92 Å². The molecule has 2 aromatic carbocycles. The van der Waals surface area contributed by atoms with Crippen LogP contribution in [-0.4, -0.2) is 19.1 Å². The van der Waals surface area contributed by atoms with Gasteiger partial charge >= 0.3 is 0 Å². The van der Waals surface area contributed by atoms with E-state index in [1.807, 2.05) is 43.3 Å². The Morgan fingerprint density at radius 1 is 1.08 bits per heavy atom. The van der Waals surface area contributed by atoms with Crippen molar-refractivity contribution >= 4 is 5.91 Å². The first-order valence-corrected chi connectivity index (χ1v) is 8.23. The van der Waals surface area contributed by atoms with E-state index in [9.17, 15) is 4.79 Å². The summed E-state index contributed by atoms with van der Waals surface area (Å²) in [6.07, 6.45) is 0. The lowest BCUT2D eigenvalue weighted by Crippen LogP contribution is -2.42. The second-order valence-corrected chi connectivity index (χ2v) is 6.03. The highest BCUT2D eigenvalue weighted by Crippen LogP contribution is 2.17. The molecule has 0 aliphatic heterocycles. The first kappa shape index (κ1) is 18.0. The molecule has 0 bridgehead atoms. The van der Waals surface area contributed by atoms with E-state index in [0.717, 1.165) is 11.3 Å². The molecule has 0 fully saturated rings. The normalized spacial score (nSPS) is 13.2. The van der Waals surface area contributed by atoms with Crippen molar-refractivity contribution in [3.05, 3.63) is 65.2 Å². The van der Waals surface area contributed by atoms with Gasteiger partial charge in [0.2, 0.25) is 5.91 Å². The number of carbonyl (C=O) groups excluding carboxylic acids is 1. The number of carbonyl (C=O) groups is 1. The number of hydrogen-bond acceptors (Lipinski definition) is 3. The summed E-state index contributed by atoms with van der Waals surface area (Å²) in [6.45, 7) is 6.56. The number of methoxy groups -OCH3 is 1. The van der Waals surface area contributed by atoms with Crippen molar-refractivity contribution in [2.75, 3.05) is 7.11 Å². The minimum atomic E-state index is -0.266. The molecule has 4 heteroatoms. The second-order valence-electron chi connectivity index (χ2n) is 6.03. The predicted molar refractivity (Wildman–Crippen MR) is 97.0 cm³/mol. The summed E-state index contributed by atoms with van der Waals surface area (Å²) >= 11 is 0. The zero-order valence-corrected chi connectivity index (χ0v) is 14.8. The topological polar surface area (TPSA) is 50.4 Å². The van der Waals surface area contributed by atoms with E-state index in [2.05, 4.69) is 36.6 Å². The third kappa shape index (κ3) is 4.83. The fraction of sp³-hybridized carbons (Fsp3) is 0.350. The highest BCUT2D eigenvalue weighted by Gasteiger charge is 2.16. The third-order valence-electron chi connectivity index (χ3n) is 4.17. The quantitative estimate of drug-likeness (QED) is 0.820. The number of benzene rings is 2. The molecule has 1 amide bonds. The van der Waals surface area contributed by atoms with E-state index in [4.69, 9.17) is 4.74 Å². The van der Waals surface area contributed by atoms with Gasteiger partial charge in [0, 0.05) is 12.6 Å². The van der Waals surface area contributed by atoms with Gasteiger partial charge in [-0.25, -0.2) is 0 Å². The Labute approximate surface area is 144 Å². The lowest BCUT2D eigenvalue weighted by Gasteiger charge is -2.21.